The topological polar surface area (TPSA) is 73.9 Å². The summed E-state index contributed by atoms with van der Waals surface area (Å²) in [5.41, 5.74) is 2.07. The Morgan fingerprint density at radius 1 is 1.00 bits per heavy atom. The molecule has 0 fully saturated rings. The fraction of sp³-hybridized carbons (Fsp3) is 0.391. The molecule has 0 radical (unpaired) electrons. The summed E-state index contributed by atoms with van der Waals surface area (Å²) < 4.78 is 15.7. The van der Waals surface area contributed by atoms with Crippen LogP contribution in [0.3, 0.4) is 0 Å². The van der Waals surface area contributed by atoms with E-state index in [0.29, 0.717) is 11.5 Å². The van der Waals surface area contributed by atoms with Crippen molar-refractivity contribution in [1.82, 2.24) is 5.32 Å². The van der Waals surface area contributed by atoms with Crippen molar-refractivity contribution in [1.29, 1.82) is 0 Å². The Kier molecular flexibility index (Phi) is 7.65. The zero-order valence-corrected chi connectivity index (χ0v) is 17.7. The Morgan fingerprint density at radius 2 is 1.66 bits per heavy atom. The van der Waals surface area contributed by atoms with Crippen molar-refractivity contribution in [3.8, 4) is 11.5 Å². The number of hydrogen-bond donors (Lipinski definition) is 1. The monoisotopic (exact) mass is 399 g/mol. The number of hydrogen-bond acceptors (Lipinski definition) is 5. The molecule has 0 aliphatic carbocycles. The van der Waals surface area contributed by atoms with Gasteiger partial charge in [0.15, 0.2) is 13.2 Å². The average molecular weight is 399 g/mol. The lowest BCUT2D eigenvalue weighted by atomic mass is 9.87. The van der Waals surface area contributed by atoms with E-state index in [1.807, 2.05) is 55.5 Å². The van der Waals surface area contributed by atoms with Crippen LogP contribution in [0, 0.1) is 0 Å². The van der Waals surface area contributed by atoms with Crippen LogP contribution in [-0.2, 0) is 19.7 Å². The molecule has 1 N–H and O–H groups in total. The van der Waals surface area contributed by atoms with E-state index in [9.17, 15) is 9.59 Å². The fourth-order valence-corrected chi connectivity index (χ4v) is 2.77. The summed E-state index contributed by atoms with van der Waals surface area (Å²) in [6.07, 6.45) is 0. The lowest BCUT2D eigenvalue weighted by molar-refractivity contribution is -0.150. The Morgan fingerprint density at radius 3 is 2.28 bits per heavy atom. The molecule has 2 aromatic rings. The van der Waals surface area contributed by atoms with E-state index in [-0.39, 0.29) is 24.7 Å². The fourth-order valence-electron chi connectivity index (χ4n) is 2.77. The second kappa shape index (κ2) is 9.96. The Labute approximate surface area is 172 Å². The highest BCUT2D eigenvalue weighted by Crippen LogP contribution is 2.25. The van der Waals surface area contributed by atoms with Gasteiger partial charge in [-0.05, 0) is 36.1 Å². The van der Waals surface area contributed by atoms with Crippen LogP contribution in [0.4, 0.5) is 0 Å². The number of benzene rings is 2. The van der Waals surface area contributed by atoms with Crippen molar-refractivity contribution in [3.05, 3.63) is 59.7 Å². The van der Waals surface area contributed by atoms with Crippen molar-refractivity contribution in [2.45, 2.75) is 39.2 Å². The summed E-state index contributed by atoms with van der Waals surface area (Å²) in [5, 5.41) is 2.78. The largest absolute Gasteiger partial charge is 0.496 e. The van der Waals surface area contributed by atoms with E-state index in [0.717, 1.165) is 5.56 Å². The molecule has 1 atom stereocenters. The predicted octanol–water partition coefficient (Wildman–Crippen LogP) is 3.79. The van der Waals surface area contributed by atoms with Gasteiger partial charge in [-0.15, -0.1) is 0 Å². The number of para-hydroxylation sites is 1. The minimum absolute atomic E-state index is 0.0473. The van der Waals surface area contributed by atoms with Gasteiger partial charge in [0.05, 0.1) is 13.2 Å². The van der Waals surface area contributed by atoms with E-state index < -0.39 is 11.9 Å². The Balaban J connectivity index is 1.76. The molecule has 1 unspecified atom stereocenters. The van der Waals surface area contributed by atoms with E-state index in [2.05, 4.69) is 26.1 Å². The number of nitrogens with one attached hydrogen (secondary N) is 1. The third kappa shape index (κ3) is 6.82. The first kappa shape index (κ1) is 22.3. The van der Waals surface area contributed by atoms with Gasteiger partial charge in [0.25, 0.3) is 5.91 Å². The van der Waals surface area contributed by atoms with Crippen molar-refractivity contribution in [2.75, 3.05) is 20.3 Å². The number of amides is 1. The number of ether oxygens (including phenoxy) is 3. The average Bonchev–Trinajstić information content (AvgIpc) is 2.70. The summed E-state index contributed by atoms with van der Waals surface area (Å²) >= 11 is 0. The number of rotatable bonds is 8. The molecule has 0 heterocycles. The van der Waals surface area contributed by atoms with Crippen molar-refractivity contribution in [2.24, 2.45) is 0 Å². The van der Waals surface area contributed by atoms with Crippen LogP contribution < -0.4 is 14.8 Å². The summed E-state index contributed by atoms with van der Waals surface area (Å²) in [6.45, 7) is 7.58. The molecule has 6 nitrogen and oxygen atoms in total. The molecule has 29 heavy (non-hydrogen) atoms. The zero-order chi connectivity index (χ0) is 21.4. The van der Waals surface area contributed by atoms with Gasteiger partial charge in [-0.1, -0.05) is 51.1 Å². The SMILES string of the molecule is COc1ccccc1C(C)NC(=O)COC(=O)COc1ccc(C(C)(C)C)cc1. The van der Waals surface area contributed by atoms with Gasteiger partial charge in [-0.2, -0.15) is 0 Å². The minimum atomic E-state index is -0.606. The number of carbonyl (C=O) groups excluding carboxylic acids is 2. The van der Waals surface area contributed by atoms with Gasteiger partial charge >= 0.3 is 5.97 Å². The van der Waals surface area contributed by atoms with Crippen molar-refractivity contribution < 1.29 is 23.8 Å². The molecule has 1 amide bonds. The normalized spacial score (nSPS) is 12.0. The third-order valence-corrected chi connectivity index (χ3v) is 4.42. The second-order valence-electron chi connectivity index (χ2n) is 7.75. The highest BCUT2D eigenvalue weighted by molar-refractivity contribution is 5.81. The molecule has 0 bridgehead atoms. The van der Waals surface area contributed by atoms with Gasteiger partial charge in [0.2, 0.25) is 0 Å². The molecule has 0 spiro atoms. The number of carbonyl (C=O) groups is 2. The maximum atomic E-state index is 12.1. The lowest BCUT2D eigenvalue weighted by Crippen LogP contribution is -2.32. The highest BCUT2D eigenvalue weighted by atomic mass is 16.6. The number of methoxy groups -OCH3 is 1. The van der Waals surface area contributed by atoms with Crippen LogP contribution in [0.1, 0.15) is 44.9 Å². The van der Waals surface area contributed by atoms with Crippen LogP contribution in [0.5, 0.6) is 11.5 Å². The van der Waals surface area contributed by atoms with Crippen LogP contribution in [0.25, 0.3) is 0 Å². The molecule has 0 aliphatic heterocycles. The molecule has 2 aromatic carbocycles. The van der Waals surface area contributed by atoms with Gasteiger partial charge < -0.3 is 19.5 Å². The van der Waals surface area contributed by atoms with E-state index in [1.54, 1.807) is 7.11 Å². The second-order valence-corrected chi connectivity index (χ2v) is 7.75. The third-order valence-electron chi connectivity index (χ3n) is 4.42. The first-order valence-electron chi connectivity index (χ1n) is 9.52. The first-order chi connectivity index (χ1) is 13.7. The van der Waals surface area contributed by atoms with E-state index in [1.165, 1.54) is 5.56 Å². The molecule has 0 saturated heterocycles. The van der Waals surface area contributed by atoms with Gasteiger partial charge in [0, 0.05) is 5.56 Å². The van der Waals surface area contributed by atoms with Gasteiger partial charge in [-0.25, -0.2) is 4.79 Å². The lowest BCUT2D eigenvalue weighted by Gasteiger charge is -2.19. The van der Waals surface area contributed by atoms with Crippen molar-refractivity contribution in [3.63, 3.8) is 0 Å². The summed E-state index contributed by atoms with van der Waals surface area (Å²) in [4.78, 5) is 23.9. The molecule has 6 heteroatoms. The molecule has 156 valence electrons. The maximum absolute atomic E-state index is 12.1. The van der Waals surface area contributed by atoms with Crippen LogP contribution >= 0.6 is 0 Å². The summed E-state index contributed by atoms with van der Waals surface area (Å²) in [6, 6.07) is 14.7. The Hall–Kier alpha value is -3.02. The maximum Gasteiger partial charge on any atom is 0.344 e. The molecule has 0 saturated carbocycles. The molecular weight excluding hydrogens is 370 g/mol. The summed E-state index contributed by atoms with van der Waals surface area (Å²) in [5.74, 6) is 0.253. The first-order valence-corrected chi connectivity index (χ1v) is 9.52. The molecular formula is C23H29NO5. The molecule has 0 aliphatic rings. The highest BCUT2D eigenvalue weighted by Gasteiger charge is 2.16. The molecule has 2 rings (SSSR count). The minimum Gasteiger partial charge on any atom is -0.496 e. The quantitative estimate of drug-likeness (QED) is 0.684. The molecule has 0 aromatic heterocycles. The van der Waals surface area contributed by atoms with E-state index in [4.69, 9.17) is 14.2 Å². The number of esters is 1. The predicted molar refractivity (Wildman–Crippen MR) is 111 cm³/mol. The summed E-state index contributed by atoms with van der Waals surface area (Å²) in [7, 11) is 1.58. The van der Waals surface area contributed by atoms with Crippen molar-refractivity contribution >= 4 is 11.9 Å². The standard InChI is InChI=1S/C23H29NO5/c1-16(19-8-6-7-9-20(19)27-5)24-21(25)14-29-22(26)15-28-18-12-10-17(11-13-18)23(2,3)4/h6-13,16H,14-15H2,1-5H3,(H,24,25). The van der Waals surface area contributed by atoms with Crippen LogP contribution in [0.2, 0.25) is 0 Å². The smallest absolute Gasteiger partial charge is 0.344 e. The van der Waals surface area contributed by atoms with Gasteiger partial charge in [0.1, 0.15) is 11.5 Å². The Bertz CT molecular complexity index is 824. The van der Waals surface area contributed by atoms with E-state index >= 15 is 0 Å². The zero-order valence-electron chi connectivity index (χ0n) is 17.7. The van der Waals surface area contributed by atoms with Gasteiger partial charge in [-0.3, -0.25) is 4.79 Å². The van der Waals surface area contributed by atoms with Crippen LogP contribution in [-0.4, -0.2) is 32.2 Å². The van der Waals surface area contributed by atoms with Crippen LogP contribution in [0.15, 0.2) is 48.5 Å².